The lowest BCUT2D eigenvalue weighted by Crippen LogP contribution is -2.35. The second-order valence-electron chi connectivity index (χ2n) is 4.71. The van der Waals surface area contributed by atoms with Crippen LogP contribution in [-0.2, 0) is 23.9 Å². The lowest BCUT2D eigenvalue weighted by Gasteiger charge is -2.21. The fourth-order valence-electron chi connectivity index (χ4n) is 2.33. The molecule has 0 saturated heterocycles. The highest BCUT2D eigenvalue weighted by Crippen LogP contribution is 2.33. The maximum absolute atomic E-state index is 11.9. The zero-order valence-electron chi connectivity index (χ0n) is 12.0. The van der Waals surface area contributed by atoms with Crippen molar-refractivity contribution in [1.29, 1.82) is 0 Å². The third-order valence-electron chi connectivity index (χ3n) is 3.32. The lowest BCUT2D eigenvalue weighted by molar-refractivity contribution is -0.163. The Kier molecular flexibility index (Phi) is 6.36. The van der Waals surface area contributed by atoms with Gasteiger partial charge >= 0.3 is 17.9 Å². The monoisotopic (exact) mass is 300 g/mol. The molecule has 7 heteroatoms. The van der Waals surface area contributed by atoms with Crippen LogP contribution in [0.5, 0.6) is 0 Å². The molecule has 0 spiro atoms. The van der Waals surface area contributed by atoms with E-state index in [2.05, 4.69) is 0 Å². The van der Waals surface area contributed by atoms with Gasteiger partial charge in [0.15, 0.2) is 12.0 Å². The number of carbonyl (C=O) groups is 3. The van der Waals surface area contributed by atoms with E-state index in [-0.39, 0.29) is 19.6 Å². The van der Waals surface area contributed by atoms with Crippen molar-refractivity contribution in [3.63, 3.8) is 0 Å². The van der Waals surface area contributed by atoms with E-state index in [1.54, 1.807) is 19.9 Å². The molecule has 0 aromatic rings. The Labute approximate surface area is 122 Å². The van der Waals surface area contributed by atoms with Gasteiger partial charge in [-0.25, -0.2) is 4.79 Å². The quantitative estimate of drug-likeness (QED) is 0.397. The molecule has 0 fully saturated rings. The van der Waals surface area contributed by atoms with Gasteiger partial charge in [-0.3, -0.25) is 9.59 Å². The molecular weight excluding hydrogens is 280 g/mol. The van der Waals surface area contributed by atoms with Gasteiger partial charge in [0.05, 0.1) is 13.2 Å². The van der Waals surface area contributed by atoms with Gasteiger partial charge < -0.3 is 19.7 Å². The molecule has 118 valence electrons. The molecular formula is C14H20O7. The second-order valence-corrected chi connectivity index (χ2v) is 4.71. The topological polar surface area (TPSA) is 110 Å². The van der Waals surface area contributed by atoms with Crippen LogP contribution < -0.4 is 0 Å². The van der Waals surface area contributed by atoms with Crippen LogP contribution in [0.4, 0.5) is 0 Å². The summed E-state index contributed by atoms with van der Waals surface area (Å²) in [4.78, 5) is 34.6. The number of carbonyl (C=O) groups excluding carboxylic acids is 2. The van der Waals surface area contributed by atoms with Crippen molar-refractivity contribution in [2.75, 3.05) is 13.2 Å². The largest absolute Gasteiger partial charge is 0.479 e. The van der Waals surface area contributed by atoms with Crippen LogP contribution in [0.3, 0.4) is 0 Å². The number of ether oxygens (including phenoxy) is 2. The third kappa shape index (κ3) is 4.29. The molecule has 1 aliphatic rings. The number of hydrogen-bond donors (Lipinski definition) is 2. The van der Waals surface area contributed by atoms with E-state index in [9.17, 15) is 19.5 Å². The molecule has 21 heavy (non-hydrogen) atoms. The van der Waals surface area contributed by atoms with Gasteiger partial charge in [-0.05, 0) is 20.3 Å². The molecule has 0 bridgehead atoms. The summed E-state index contributed by atoms with van der Waals surface area (Å²) in [7, 11) is 0. The number of aliphatic hydroxyl groups is 1. The summed E-state index contributed by atoms with van der Waals surface area (Å²) in [5, 5.41) is 18.3. The molecule has 1 rings (SSSR count). The highest BCUT2D eigenvalue weighted by molar-refractivity contribution is 5.95. The molecule has 0 aromatic carbocycles. The number of allylic oxidation sites excluding steroid dienone is 1. The number of carboxylic acid groups (broad SMARTS) is 1. The van der Waals surface area contributed by atoms with Crippen molar-refractivity contribution in [1.82, 2.24) is 0 Å². The van der Waals surface area contributed by atoms with Crippen LogP contribution in [0, 0.1) is 17.8 Å². The van der Waals surface area contributed by atoms with Gasteiger partial charge in [0.1, 0.15) is 0 Å². The lowest BCUT2D eigenvalue weighted by atomic mass is 9.88. The predicted molar refractivity (Wildman–Crippen MR) is 71.1 cm³/mol. The van der Waals surface area contributed by atoms with Crippen LogP contribution in [0.25, 0.3) is 0 Å². The van der Waals surface area contributed by atoms with Gasteiger partial charge in [0.25, 0.3) is 0 Å². The van der Waals surface area contributed by atoms with E-state index in [1.807, 2.05) is 0 Å². The first-order chi connectivity index (χ1) is 9.92. The third-order valence-corrected chi connectivity index (χ3v) is 3.32. The molecule has 0 aromatic heterocycles. The van der Waals surface area contributed by atoms with Crippen molar-refractivity contribution >= 4 is 17.9 Å². The van der Waals surface area contributed by atoms with Crippen molar-refractivity contribution in [2.24, 2.45) is 17.8 Å². The molecule has 0 unspecified atom stereocenters. The highest BCUT2D eigenvalue weighted by atomic mass is 16.6. The number of esters is 2. The SMILES string of the molecule is CCOC(=O)C(C(=O)OCC)[C@H]1C=C[C@@H]([C@H](O)C(=O)O)C1. The van der Waals surface area contributed by atoms with Gasteiger partial charge in [0, 0.05) is 11.8 Å². The Hall–Kier alpha value is -1.89. The van der Waals surface area contributed by atoms with E-state index in [1.165, 1.54) is 6.08 Å². The standard InChI is InChI=1S/C14H20O7/c1-3-20-13(18)10(14(19)21-4-2)8-5-6-9(7-8)11(15)12(16)17/h5-6,8-11,15H,3-4,7H2,1-2H3,(H,16,17)/t8-,9+,11-/m0/s1. The van der Waals surface area contributed by atoms with E-state index >= 15 is 0 Å². The van der Waals surface area contributed by atoms with Crippen molar-refractivity contribution in [2.45, 2.75) is 26.4 Å². The van der Waals surface area contributed by atoms with E-state index in [0.717, 1.165) is 0 Å². The number of hydrogen-bond acceptors (Lipinski definition) is 6. The molecule has 0 heterocycles. The van der Waals surface area contributed by atoms with E-state index in [4.69, 9.17) is 14.6 Å². The maximum Gasteiger partial charge on any atom is 0.333 e. The summed E-state index contributed by atoms with van der Waals surface area (Å²) in [6.07, 6.45) is 1.69. The number of carboxylic acids is 1. The van der Waals surface area contributed by atoms with Gasteiger partial charge in [0.2, 0.25) is 0 Å². The highest BCUT2D eigenvalue weighted by Gasteiger charge is 2.41. The molecule has 0 saturated carbocycles. The minimum absolute atomic E-state index is 0.131. The Morgan fingerprint density at radius 3 is 2.00 bits per heavy atom. The van der Waals surface area contributed by atoms with Crippen LogP contribution in [0.15, 0.2) is 12.2 Å². The Balaban J connectivity index is 2.82. The fraction of sp³-hybridized carbons (Fsp3) is 0.643. The van der Waals surface area contributed by atoms with Gasteiger partial charge in [-0.1, -0.05) is 12.2 Å². The van der Waals surface area contributed by atoms with Crippen molar-refractivity contribution in [3.8, 4) is 0 Å². The Bertz CT molecular complexity index is 411. The Morgan fingerprint density at radius 2 is 1.57 bits per heavy atom. The molecule has 0 radical (unpaired) electrons. The van der Waals surface area contributed by atoms with Crippen LogP contribution in [0.1, 0.15) is 20.3 Å². The number of aliphatic hydroxyl groups excluding tert-OH is 1. The summed E-state index contributed by atoms with van der Waals surface area (Å²) in [6, 6.07) is 0. The predicted octanol–water partition coefficient (Wildman–Crippen LogP) is 0.367. The van der Waals surface area contributed by atoms with E-state index < -0.39 is 41.8 Å². The molecule has 7 nitrogen and oxygen atoms in total. The molecule has 0 aliphatic heterocycles. The number of rotatable bonds is 7. The number of aliphatic carboxylic acids is 1. The summed E-state index contributed by atoms with van der Waals surface area (Å²) in [6.45, 7) is 3.52. The normalized spacial score (nSPS) is 22.1. The molecule has 1 aliphatic carbocycles. The zero-order valence-corrected chi connectivity index (χ0v) is 12.0. The van der Waals surface area contributed by atoms with Crippen LogP contribution in [0.2, 0.25) is 0 Å². The van der Waals surface area contributed by atoms with Crippen LogP contribution >= 0.6 is 0 Å². The summed E-state index contributed by atoms with van der Waals surface area (Å²) >= 11 is 0. The van der Waals surface area contributed by atoms with E-state index in [0.29, 0.717) is 0 Å². The summed E-state index contributed by atoms with van der Waals surface area (Å²) in [5.41, 5.74) is 0. The summed E-state index contributed by atoms with van der Waals surface area (Å²) in [5.74, 6) is -5.05. The molecule has 0 amide bonds. The van der Waals surface area contributed by atoms with Crippen LogP contribution in [-0.4, -0.2) is 47.4 Å². The minimum Gasteiger partial charge on any atom is -0.479 e. The first-order valence-electron chi connectivity index (χ1n) is 6.84. The molecule has 2 N–H and O–H groups in total. The minimum atomic E-state index is -1.56. The van der Waals surface area contributed by atoms with Gasteiger partial charge in [-0.2, -0.15) is 0 Å². The average molecular weight is 300 g/mol. The molecule has 3 atom stereocenters. The average Bonchev–Trinajstić information content (AvgIpc) is 2.87. The van der Waals surface area contributed by atoms with Gasteiger partial charge in [-0.15, -0.1) is 0 Å². The fourth-order valence-corrected chi connectivity index (χ4v) is 2.33. The van der Waals surface area contributed by atoms with Crippen molar-refractivity contribution < 1.29 is 34.1 Å². The first kappa shape index (κ1) is 17.2. The maximum atomic E-state index is 11.9. The first-order valence-corrected chi connectivity index (χ1v) is 6.84. The Morgan fingerprint density at radius 1 is 1.10 bits per heavy atom. The van der Waals surface area contributed by atoms with Crippen molar-refractivity contribution in [3.05, 3.63) is 12.2 Å². The second kappa shape index (κ2) is 7.78. The zero-order chi connectivity index (χ0) is 16.0. The smallest absolute Gasteiger partial charge is 0.333 e. The summed E-state index contributed by atoms with van der Waals surface area (Å²) < 4.78 is 9.75.